The van der Waals surface area contributed by atoms with Crippen molar-refractivity contribution in [2.45, 2.75) is 6.42 Å². The summed E-state index contributed by atoms with van der Waals surface area (Å²) in [6.07, 6.45) is 0.873. The number of nitrogens with zero attached hydrogens (tertiary/aromatic N) is 2. The first-order valence-electron chi connectivity index (χ1n) is 6.30. The maximum atomic E-state index is 13.6. The zero-order chi connectivity index (χ0) is 14.1. The number of nitrogens with two attached hydrogens (primary N) is 1. The van der Waals surface area contributed by atoms with Gasteiger partial charge in [0.05, 0.1) is 0 Å². The maximum absolute atomic E-state index is 13.6. The average Bonchev–Trinajstić information content (AvgIpc) is 2.86. The van der Waals surface area contributed by atoms with Gasteiger partial charge in [0.25, 0.3) is 0 Å². The molecule has 1 aliphatic heterocycles. The second-order valence-electron chi connectivity index (χ2n) is 4.60. The molecule has 0 amide bonds. The van der Waals surface area contributed by atoms with E-state index in [1.165, 1.54) is 11.6 Å². The predicted octanol–water partition coefficient (Wildman–Crippen LogP) is 2.97. The number of anilines is 1. The molecule has 0 unspecified atom stereocenters. The van der Waals surface area contributed by atoms with Crippen molar-refractivity contribution in [2.24, 2.45) is 10.7 Å². The highest BCUT2D eigenvalue weighted by Crippen LogP contribution is 2.28. The molecule has 2 aromatic rings. The fourth-order valence-electron chi connectivity index (χ4n) is 2.33. The number of aliphatic imine (C=N–C) groups is 1. The van der Waals surface area contributed by atoms with E-state index < -0.39 is 11.6 Å². The molecule has 0 atom stereocenters. The molecule has 2 N–H and O–H groups in total. The Balaban J connectivity index is 1.93. The molecule has 0 bridgehead atoms. The third kappa shape index (κ3) is 2.22. The van der Waals surface area contributed by atoms with Gasteiger partial charge in [-0.3, -0.25) is 0 Å². The Morgan fingerprint density at radius 3 is 2.75 bits per heavy atom. The molecule has 0 saturated carbocycles. The molecule has 0 fully saturated rings. The minimum absolute atomic E-state index is 0.0354. The topological polar surface area (TPSA) is 41.6 Å². The van der Waals surface area contributed by atoms with Gasteiger partial charge in [0.2, 0.25) is 5.96 Å². The highest BCUT2D eigenvalue weighted by Gasteiger charge is 2.21. The largest absolute Gasteiger partial charge is 0.369 e. The zero-order valence-electron chi connectivity index (χ0n) is 10.7. The van der Waals surface area contributed by atoms with Gasteiger partial charge in [-0.2, -0.15) is 0 Å². The second-order valence-corrected chi connectivity index (χ2v) is 4.60. The van der Waals surface area contributed by atoms with E-state index in [2.05, 4.69) is 4.99 Å². The smallest absolute Gasteiger partial charge is 0.201 e. The molecule has 0 saturated heterocycles. The SMILES string of the molecule is NC(=Nc1ccc(F)cc1F)N1CCc2ccccc21. The number of hydrogen-bond donors (Lipinski definition) is 1. The Bertz CT molecular complexity index is 683. The van der Waals surface area contributed by atoms with Crippen LogP contribution in [0, 0.1) is 11.6 Å². The van der Waals surface area contributed by atoms with Crippen LogP contribution in [0.1, 0.15) is 5.56 Å². The molecule has 0 spiro atoms. The minimum Gasteiger partial charge on any atom is -0.369 e. The van der Waals surface area contributed by atoms with Gasteiger partial charge in [0, 0.05) is 18.3 Å². The number of para-hydroxylation sites is 1. The molecule has 3 nitrogen and oxygen atoms in total. The van der Waals surface area contributed by atoms with Crippen molar-refractivity contribution in [3.8, 4) is 0 Å². The molecule has 0 radical (unpaired) electrons. The molecule has 1 aliphatic rings. The molecule has 0 aliphatic carbocycles. The predicted molar refractivity (Wildman–Crippen MR) is 75.1 cm³/mol. The summed E-state index contributed by atoms with van der Waals surface area (Å²) in [6, 6.07) is 11.1. The second kappa shape index (κ2) is 4.92. The van der Waals surface area contributed by atoms with Crippen LogP contribution >= 0.6 is 0 Å². The van der Waals surface area contributed by atoms with Crippen molar-refractivity contribution in [3.63, 3.8) is 0 Å². The van der Waals surface area contributed by atoms with Gasteiger partial charge < -0.3 is 10.6 Å². The summed E-state index contributed by atoms with van der Waals surface area (Å²) < 4.78 is 26.4. The molecular weight excluding hydrogens is 260 g/mol. The van der Waals surface area contributed by atoms with E-state index in [4.69, 9.17) is 5.73 Å². The van der Waals surface area contributed by atoms with Crippen LogP contribution in [0.5, 0.6) is 0 Å². The summed E-state index contributed by atoms with van der Waals surface area (Å²) in [4.78, 5) is 5.89. The average molecular weight is 273 g/mol. The fraction of sp³-hybridized carbons (Fsp3) is 0.133. The van der Waals surface area contributed by atoms with Gasteiger partial charge in [-0.25, -0.2) is 13.8 Å². The van der Waals surface area contributed by atoms with Gasteiger partial charge in [-0.05, 0) is 30.2 Å². The Kier molecular flexibility index (Phi) is 3.10. The van der Waals surface area contributed by atoms with E-state index in [1.54, 1.807) is 0 Å². The molecule has 2 aromatic carbocycles. The van der Waals surface area contributed by atoms with Crippen molar-refractivity contribution in [1.29, 1.82) is 0 Å². The van der Waals surface area contributed by atoms with Gasteiger partial charge >= 0.3 is 0 Å². The molecule has 1 heterocycles. The van der Waals surface area contributed by atoms with Crippen LogP contribution in [0.25, 0.3) is 0 Å². The summed E-state index contributed by atoms with van der Waals surface area (Å²) >= 11 is 0. The third-order valence-corrected chi connectivity index (χ3v) is 3.31. The summed E-state index contributed by atoms with van der Waals surface area (Å²) in [5.41, 5.74) is 8.15. The lowest BCUT2D eigenvalue weighted by Crippen LogP contribution is -2.35. The van der Waals surface area contributed by atoms with Crippen molar-refractivity contribution < 1.29 is 8.78 Å². The Labute approximate surface area is 115 Å². The quantitative estimate of drug-likeness (QED) is 0.641. The first-order chi connectivity index (χ1) is 9.65. The van der Waals surface area contributed by atoms with Crippen molar-refractivity contribution in [3.05, 3.63) is 59.7 Å². The van der Waals surface area contributed by atoms with Crippen LogP contribution in [0.2, 0.25) is 0 Å². The van der Waals surface area contributed by atoms with E-state index in [0.29, 0.717) is 6.54 Å². The highest BCUT2D eigenvalue weighted by atomic mass is 19.1. The zero-order valence-corrected chi connectivity index (χ0v) is 10.7. The summed E-state index contributed by atoms with van der Waals surface area (Å²) in [7, 11) is 0. The Hall–Kier alpha value is -2.43. The van der Waals surface area contributed by atoms with Crippen molar-refractivity contribution >= 4 is 17.3 Å². The fourth-order valence-corrected chi connectivity index (χ4v) is 2.33. The summed E-state index contributed by atoms with van der Waals surface area (Å²) in [5, 5.41) is 0. The lowest BCUT2D eigenvalue weighted by Gasteiger charge is -2.18. The monoisotopic (exact) mass is 273 g/mol. The number of hydrogen-bond acceptors (Lipinski definition) is 1. The van der Waals surface area contributed by atoms with Crippen LogP contribution in [0.15, 0.2) is 47.5 Å². The normalized spacial score (nSPS) is 14.5. The lowest BCUT2D eigenvalue weighted by molar-refractivity contribution is 0.585. The van der Waals surface area contributed by atoms with Crippen LogP contribution in [0.4, 0.5) is 20.2 Å². The molecule has 5 heteroatoms. The molecule has 3 rings (SSSR count). The highest BCUT2D eigenvalue weighted by molar-refractivity contribution is 5.98. The van der Waals surface area contributed by atoms with E-state index in [1.807, 2.05) is 29.2 Å². The first kappa shape index (κ1) is 12.6. The number of fused-ring (bicyclic) bond motifs is 1. The van der Waals surface area contributed by atoms with E-state index >= 15 is 0 Å². The minimum atomic E-state index is -0.722. The standard InChI is InChI=1S/C15H13F2N3/c16-11-5-6-13(12(17)9-11)19-15(18)20-8-7-10-3-1-2-4-14(10)20/h1-6,9H,7-8H2,(H2,18,19). The lowest BCUT2D eigenvalue weighted by atomic mass is 10.2. The Morgan fingerprint density at radius 2 is 1.95 bits per heavy atom. The van der Waals surface area contributed by atoms with Crippen molar-refractivity contribution in [2.75, 3.05) is 11.4 Å². The number of rotatable bonds is 1. The number of halogens is 2. The molecule has 102 valence electrons. The molecular formula is C15H13F2N3. The van der Waals surface area contributed by atoms with Crippen LogP contribution in [-0.4, -0.2) is 12.5 Å². The Morgan fingerprint density at radius 1 is 1.15 bits per heavy atom. The van der Waals surface area contributed by atoms with Crippen LogP contribution in [-0.2, 0) is 6.42 Å². The van der Waals surface area contributed by atoms with Gasteiger partial charge in [0.1, 0.15) is 11.5 Å². The summed E-state index contributed by atoms with van der Waals surface area (Å²) in [6.45, 7) is 0.706. The number of benzene rings is 2. The van der Waals surface area contributed by atoms with E-state index in [9.17, 15) is 8.78 Å². The van der Waals surface area contributed by atoms with E-state index in [0.717, 1.165) is 24.2 Å². The molecule has 20 heavy (non-hydrogen) atoms. The van der Waals surface area contributed by atoms with Crippen LogP contribution < -0.4 is 10.6 Å². The van der Waals surface area contributed by atoms with Gasteiger partial charge in [-0.1, -0.05) is 18.2 Å². The van der Waals surface area contributed by atoms with Crippen molar-refractivity contribution in [1.82, 2.24) is 0 Å². The third-order valence-electron chi connectivity index (χ3n) is 3.31. The van der Waals surface area contributed by atoms with Crippen LogP contribution in [0.3, 0.4) is 0 Å². The molecule has 0 aromatic heterocycles. The van der Waals surface area contributed by atoms with Gasteiger partial charge in [-0.15, -0.1) is 0 Å². The first-order valence-corrected chi connectivity index (χ1v) is 6.30. The van der Waals surface area contributed by atoms with Gasteiger partial charge in [0.15, 0.2) is 5.82 Å². The van der Waals surface area contributed by atoms with E-state index in [-0.39, 0.29) is 11.6 Å². The maximum Gasteiger partial charge on any atom is 0.201 e. The summed E-state index contributed by atoms with van der Waals surface area (Å²) in [5.74, 6) is -1.15. The number of guanidine groups is 1.